The Balaban J connectivity index is 1.98. The van der Waals surface area contributed by atoms with E-state index in [1.807, 2.05) is 0 Å². The minimum Gasteiger partial charge on any atom is -0.351 e. The van der Waals surface area contributed by atoms with Crippen molar-refractivity contribution >= 4 is 34.6 Å². The highest BCUT2D eigenvalue weighted by atomic mass is 32.1. The van der Waals surface area contributed by atoms with Crippen molar-refractivity contribution < 1.29 is 14.1 Å². The molecule has 3 rings (SSSR count). The lowest BCUT2D eigenvalue weighted by Gasteiger charge is -2.35. The summed E-state index contributed by atoms with van der Waals surface area (Å²) < 4.78 is 13.3. The summed E-state index contributed by atoms with van der Waals surface area (Å²) in [5.74, 6) is -0.822. The number of benzene rings is 2. The highest BCUT2D eigenvalue weighted by molar-refractivity contribution is 7.80. The number of hydrogen-bond acceptors (Lipinski definition) is 4. The molecule has 0 spiro atoms. The van der Waals surface area contributed by atoms with Crippen LogP contribution in [0.3, 0.4) is 0 Å². The quantitative estimate of drug-likeness (QED) is 0.464. The van der Waals surface area contributed by atoms with E-state index in [9.17, 15) is 19.3 Å². The van der Waals surface area contributed by atoms with Gasteiger partial charge < -0.3 is 15.5 Å². The lowest BCUT2D eigenvalue weighted by molar-refractivity contribution is -0.384. The van der Waals surface area contributed by atoms with Gasteiger partial charge in [-0.2, -0.15) is 0 Å². The molecule has 1 aliphatic rings. The number of thiocarbonyl (C=S) groups is 1. The largest absolute Gasteiger partial charge is 0.351 e. The molecule has 0 bridgehead atoms. The molecule has 1 heterocycles. The Bertz CT molecular complexity index is 991. The highest BCUT2D eigenvalue weighted by Gasteiger charge is 2.32. The van der Waals surface area contributed by atoms with Crippen LogP contribution in [0.5, 0.6) is 0 Å². The van der Waals surface area contributed by atoms with Gasteiger partial charge in [-0.05, 0) is 42.9 Å². The van der Waals surface area contributed by atoms with E-state index in [1.165, 1.54) is 30.3 Å². The minimum absolute atomic E-state index is 0.126. The van der Waals surface area contributed by atoms with Crippen LogP contribution < -0.4 is 10.6 Å². The van der Waals surface area contributed by atoms with Gasteiger partial charge in [-0.1, -0.05) is 18.2 Å². The van der Waals surface area contributed by atoms with Gasteiger partial charge in [0.2, 0.25) is 0 Å². The third kappa shape index (κ3) is 3.84. The van der Waals surface area contributed by atoms with Crippen LogP contribution in [-0.4, -0.2) is 27.9 Å². The topological polar surface area (TPSA) is 87.5 Å². The van der Waals surface area contributed by atoms with Crippen LogP contribution in [0.1, 0.15) is 18.5 Å². The maximum Gasteiger partial charge on any atom is 0.271 e. The number of non-ortho nitro benzene ring substituents is 1. The zero-order valence-electron chi connectivity index (χ0n) is 15.1. The molecule has 0 saturated heterocycles. The van der Waals surface area contributed by atoms with Crippen molar-refractivity contribution in [2.24, 2.45) is 0 Å². The molecule has 1 amide bonds. The van der Waals surface area contributed by atoms with Crippen molar-refractivity contribution in [2.75, 3.05) is 12.4 Å². The summed E-state index contributed by atoms with van der Waals surface area (Å²) >= 11 is 5.32. The first kappa shape index (κ1) is 19.4. The molecule has 28 heavy (non-hydrogen) atoms. The summed E-state index contributed by atoms with van der Waals surface area (Å²) in [6, 6.07) is 10.9. The van der Waals surface area contributed by atoms with Gasteiger partial charge in [0.25, 0.3) is 11.6 Å². The van der Waals surface area contributed by atoms with E-state index in [0.717, 1.165) is 0 Å². The van der Waals surface area contributed by atoms with Crippen molar-refractivity contribution in [3.8, 4) is 0 Å². The summed E-state index contributed by atoms with van der Waals surface area (Å²) in [6.45, 7) is 1.76. The van der Waals surface area contributed by atoms with Crippen molar-refractivity contribution in [2.45, 2.75) is 13.0 Å². The average molecular weight is 400 g/mol. The number of allylic oxidation sites excluding steroid dienone is 1. The number of amides is 1. The third-order valence-electron chi connectivity index (χ3n) is 4.52. The standard InChI is InChI=1S/C19H17FN4O3S/c1-11-16(18(25)21-14-4-3-5-15(10-14)24(26)27)17(22-19(28)23(11)2)12-6-8-13(20)9-7-12/h3-10,17H,1-2H3,(H,21,25)(H,22,28)/t17-/m1/s1. The number of carbonyl (C=O) groups is 1. The maximum atomic E-state index is 13.3. The lowest BCUT2D eigenvalue weighted by atomic mass is 9.94. The molecule has 0 fully saturated rings. The maximum absolute atomic E-state index is 13.3. The molecule has 0 saturated carbocycles. The molecule has 2 aromatic rings. The van der Waals surface area contributed by atoms with E-state index in [2.05, 4.69) is 10.6 Å². The smallest absolute Gasteiger partial charge is 0.271 e. The summed E-state index contributed by atoms with van der Waals surface area (Å²) in [5.41, 5.74) is 1.85. The second-order valence-electron chi connectivity index (χ2n) is 6.25. The highest BCUT2D eigenvalue weighted by Crippen LogP contribution is 2.31. The normalized spacial score (nSPS) is 16.6. The molecule has 9 heteroatoms. The van der Waals surface area contributed by atoms with Crippen molar-refractivity contribution in [1.29, 1.82) is 0 Å². The number of anilines is 1. The average Bonchev–Trinajstić information content (AvgIpc) is 2.66. The van der Waals surface area contributed by atoms with E-state index < -0.39 is 16.9 Å². The van der Waals surface area contributed by atoms with E-state index >= 15 is 0 Å². The number of carbonyl (C=O) groups excluding carboxylic acids is 1. The van der Waals surface area contributed by atoms with Crippen LogP contribution in [0.15, 0.2) is 59.8 Å². The molecule has 2 N–H and O–H groups in total. The molecule has 1 atom stereocenters. The number of halogens is 1. The van der Waals surface area contributed by atoms with Crippen LogP contribution in [-0.2, 0) is 4.79 Å². The summed E-state index contributed by atoms with van der Waals surface area (Å²) in [4.78, 5) is 25.1. The molecule has 0 aliphatic carbocycles. The van der Waals surface area contributed by atoms with Crippen LogP contribution in [0.4, 0.5) is 15.8 Å². The van der Waals surface area contributed by atoms with Gasteiger partial charge in [0, 0.05) is 30.6 Å². The van der Waals surface area contributed by atoms with Gasteiger partial charge >= 0.3 is 0 Å². The predicted molar refractivity (Wildman–Crippen MR) is 107 cm³/mol. The number of nitrogens with zero attached hydrogens (tertiary/aromatic N) is 2. The monoisotopic (exact) mass is 400 g/mol. The van der Waals surface area contributed by atoms with E-state index in [1.54, 1.807) is 37.1 Å². The second kappa shape index (κ2) is 7.73. The zero-order valence-corrected chi connectivity index (χ0v) is 15.9. The Hall–Kier alpha value is -3.33. The van der Waals surface area contributed by atoms with Crippen molar-refractivity contribution in [3.05, 3.63) is 81.3 Å². The molecule has 1 aliphatic heterocycles. The molecule has 0 unspecified atom stereocenters. The van der Waals surface area contributed by atoms with Crippen molar-refractivity contribution in [1.82, 2.24) is 10.2 Å². The number of nitrogens with one attached hydrogen (secondary N) is 2. The van der Waals surface area contributed by atoms with Gasteiger partial charge in [0.15, 0.2) is 5.11 Å². The van der Waals surface area contributed by atoms with Gasteiger partial charge in [0.1, 0.15) is 5.82 Å². The van der Waals surface area contributed by atoms with Crippen LogP contribution in [0.25, 0.3) is 0 Å². The molecule has 2 aromatic carbocycles. The summed E-state index contributed by atoms with van der Waals surface area (Å²) in [6.07, 6.45) is 0. The Labute approximate surface area is 166 Å². The first-order valence-electron chi connectivity index (χ1n) is 8.34. The van der Waals surface area contributed by atoms with Gasteiger partial charge in [-0.3, -0.25) is 14.9 Å². The number of rotatable bonds is 4. The fourth-order valence-corrected chi connectivity index (χ4v) is 3.19. The molecule has 0 radical (unpaired) electrons. The fraction of sp³-hybridized carbons (Fsp3) is 0.158. The van der Waals surface area contributed by atoms with E-state index in [-0.39, 0.29) is 11.5 Å². The first-order chi connectivity index (χ1) is 13.3. The Morgan fingerprint density at radius 1 is 1.29 bits per heavy atom. The van der Waals surface area contributed by atoms with E-state index in [4.69, 9.17) is 12.2 Å². The van der Waals surface area contributed by atoms with Gasteiger partial charge in [-0.25, -0.2) is 4.39 Å². The molecular weight excluding hydrogens is 383 g/mol. The van der Waals surface area contributed by atoms with Crippen LogP contribution >= 0.6 is 12.2 Å². The first-order valence-corrected chi connectivity index (χ1v) is 8.75. The van der Waals surface area contributed by atoms with Crippen molar-refractivity contribution in [3.63, 3.8) is 0 Å². The Morgan fingerprint density at radius 2 is 1.96 bits per heavy atom. The molecule has 7 nitrogen and oxygen atoms in total. The zero-order chi connectivity index (χ0) is 20.4. The Morgan fingerprint density at radius 3 is 2.61 bits per heavy atom. The van der Waals surface area contributed by atoms with Crippen LogP contribution in [0, 0.1) is 15.9 Å². The van der Waals surface area contributed by atoms with E-state index in [0.29, 0.717) is 27.6 Å². The lowest BCUT2D eigenvalue weighted by Crippen LogP contribution is -2.46. The molecule has 0 aromatic heterocycles. The number of nitro groups is 1. The SMILES string of the molecule is CC1=C(C(=O)Nc2cccc([N+](=O)[O-])c2)[C@@H](c2ccc(F)cc2)NC(=S)N1C. The van der Waals surface area contributed by atoms with Crippen LogP contribution in [0.2, 0.25) is 0 Å². The minimum atomic E-state index is -0.581. The fourth-order valence-electron chi connectivity index (χ4n) is 2.93. The summed E-state index contributed by atoms with van der Waals surface area (Å²) in [5, 5.41) is 17.2. The third-order valence-corrected chi connectivity index (χ3v) is 4.91. The second-order valence-corrected chi connectivity index (χ2v) is 6.64. The number of nitro benzene ring substituents is 1. The molecule has 144 valence electrons. The van der Waals surface area contributed by atoms with Gasteiger partial charge in [0.05, 0.1) is 16.5 Å². The summed E-state index contributed by atoms with van der Waals surface area (Å²) in [7, 11) is 1.73. The molecular formula is C19H17FN4O3S. The Kier molecular flexibility index (Phi) is 5.36. The predicted octanol–water partition coefficient (Wildman–Crippen LogP) is 3.51. The van der Waals surface area contributed by atoms with Gasteiger partial charge in [-0.15, -0.1) is 0 Å². The number of hydrogen-bond donors (Lipinski definition) is 2.